The maximum atomic E-state index is 14.1. The molecule has 0 aromatic heterocycles. The van der Waals surface area contributed by atoms with Crippen LogP contribution < -0.4 is 19.1 Å². The van der Waals surface area contributed by atoms with Gasteiger partial charge in [0.1, 0.15) is 12.6 Å². The van der Waals surface area contributed by atoms with Gasteiger partial charge in [-0.3, -0.25) is 13.9 Å². The van der Waals surface area contributed by atoms with Gasteiger partial charge in [0.2, 0.25) is 11.8 Å². The zero-order valence-corrected chi connectivity index (χ0v) is 26.2. The average Bonchev–Trinajstić information content (AvgIpc) is 2.97. The molecule has 2 unspecified atom stereocenters. The minimum Gasteiger partial charge on any atom is -0.493 e. The molecule has 0 saturated heterocycles. The molecule has 3 aromatic carbocycles. The second-order valence-corrected chi connectivity index (χ2v) is 12.2. The number of carbonyl (C=O) groups is 2. The lowest BCUT2D eigenvalue weighted by Gasteiger charge is -2.32. The summed E-state index contributed by atoms with van der Waals surface area (Å²) in [5.41, 5.74) is 2.94. The molecule has 10 heteroatoms. The molecule has 226 valence electrons. The average molecular weight is 596 g/mol. The van der Waals surface area contributed by atoms with E-state index >= 15 is 0 Å². The van der Waals surface area contributed by atoms with E-state index in [0.717, 1.165) is 27.4 Å². The largest absolute Gasteiger partial charge is 0.493 e. The standard InChI is InChI=1S/C32H41N3O6S/c1-8-24(4)33-32(37)25(5)34(20-26-11-9-10-23(3)18-26)31(36)21-35(27-14-17-29(40-6)30(19-27)41-7)42(38,39)28-15-12-22(2)13-16-28/h9-19,24-25H,8,20-21H2,1-7H3,(H,33,37). The molecule has 0 fully saturated rings. The second kappa shape index (κ2) is 14.2. The molecule has 0 aliphatic rings. The van der Waals surface area contributed by atoms with Crippen LogP contribution in [0.5, 0.6) is 11.5 Å². The van der Waals surface area contributed by atoms with Crippen LogP contribution in [0.15, 0.2) is 71.6 Å². The van der Waals surface area contributed by atoms with Gasteiger partial charge in [-0.1, -0.05) is 54.4 Å². The van der Waals surface area contributed by atoms with Gasteiger partial charge < -0.3 is 19.7 Å². The molecule has 0 aliphatic carbocycles. The summed E-state index contributed by atoms with van der Waals surface area (Å²) in [7, 11) is -1.27. The fourth-order valence-electron chi connectivity index (χ4n) is 4.40. The zero-order valence-electron chi connectivity index (χ0n) is 25.4. The Morgan fingerprint density at radius 1 is 0.881 bits per heavy atom. The monoisotopic (exact) mass is 595 g/mol. The molecule has 2 atom stereocenters. The summed E-state index contributed by atoms with van der Waals surface area (Å²) in [5.74, 6) is -0.126. The lowest BCUT2D eigenvalue weighted by Crippen LogP contribution is -2.52. The molecule has 9 nitrogen and oxygen atoms in total. The van der Waals surface area contributed by atoms with Gasteiger partial charge in [0.25, 0.3) is 10.0 Å². The number of nitrogens with zero attached hydrogens (tertiary/aromatic N) is 2. The molecule has 3 rings (SSSR count). The third-order valence-electron chi connectivity index (χ3n) is 7.15. The Kier molecular flexibility index (Phi) is 11.0. The van der Waals surface area contributed by atoms with E-state index < -0.39 is 28.5 Å². The fourth-order valence-corrected chi connectivity index (χ4v) is 5.81. The molecular weight excluding hydrogens is 554 g/mol. The first kappa shape index (κ1) is 32.5. The number of benzene rings is 3. The van der Waals surface area contributed by atoms with Crippen molar-refractivity contribution in [2.75, 3.05) is 25.1 Å². The topological polar surface area (TPSA) is 105 Å². The van der Waals surface area contributed by atoms with Crippen molar-refractivity contribution in [3.8, 4) is 11.5 Å². The number of aryl methyl sites for hydroxylation is 2. The molecule has 0 heterocycles. The van der Waals surface area contributed by atoms with Crippen LogP contribution in [0.3, 0.4) is 0 Å². The third-order valence-corrected chi connectivity index (χ3v) is 8.93. The number of hydrogen-bond donors (Lipinski definition) is 1. The van der Waals surface area contributed by atoms with Crippen molar-refractivity contribution < 1.29 is 27.5 Å². The van der Waals surface area contributed by atoms with Crippen LogP contribution in [-0.2, 0) is 26.2 Å². The van der Waals surface area contributed by atoms with Gasteiger partial charge in [-0.15, -0.1) is 0 Å². The lowest BCUT2D eigenvalue weighted by atomic mass is 10.1. The predicted octanol–water partition coefficient (Wildman–Crippen LogP) is 4.85. The lowest BCUT2D eigenvalue weighted by molar-refractivity contribution is -0.139. The number of hydrogen-bond acceptors (Lipinski definition) is 6. The number of methoxy groups -OCH3 is 2. The molecule has 0 bridgehead atoms. The van der Waals surface area contributed by atoms with Crippen LogP contribution in [0.25, 0.3) is 0 Å². The highest BCUT2D eigenvalue weighted by Crippen LogP contribution is 2.34. The number of rotatable bonds is 13. The van der Waals surface area contributed by atoms with Crippen LogP contribution in [0.1, 0.15) is 43.9 Å². The predicted molar refractivity (Wildman–Crippen MR) is 164 cm³/mol. The van der Waals surface area contributed by atoms with Gasteiger partial charge in [-0.2, -0.15) is 0 Å². The van der Waals surface area contributed by atoms with Crippen molar-refractivity contribution in [3.05, 3.63) is 83.4 Å². The summed E-state index contributed by atoms with van der Waals surface area (Å²) >= 11 is 0. The van der Waals surface area contributed by atoms with Gasteiger partial charge in [-0.05, 0) is 63.9 Å². The van der Waals surface area contributed by atoms with Gasteiger partial charge in [0, 0.05) is 18.7 Å². The molecule has 1 N–H and O–H groups in total. The van der Waals surface area contributed by atoms with Crippen molar-refractivity contribution in [3.63, 3.8) is 0 Å². The quantitative estimate of drug-likeness (QED) is 0.303. The summed E-state index contributed by atoms with van der Waals surface area (Å²) in [4.78, 5) is 28.8. The first-order valence-corrected chi connectivity index (χ1v) is 15.3. The molecule has 2 amide bonds. The SMILES string of the molecule is CCC(C)NC(=O)C(C)N(Cc1cccc(C)c1)C(=O)CN(c1ccc(OC)c(OC)c1)S(=O)(=O)c1ccc(C)cc1. The van der Waals surface area contributed by atoms with E-state index in [2.05, 4.69) is 5.32 Å². The Labute approximate surface area is 249 Å². The molecule has 3 aromatic rings. The summed E-state index contributed by atoms with van der Waals surface area (Å²) in [6, 6.07) is 17.8. The van der Waals surface area contributed by atoms with Crippen molar-refractivity contribution in [2.45, 2.75) is 64.6 Å². The third kappa shape index (κ3) is 7.82. The van der Waals surface area contributed by atoms with Crippen LogP contribution in [0, 0.1) is 13.8 Å². The van der Waals surface area contributed by atoms with Crippen LogP contribution in [0.4, 0.5) is 5.69 Å². The first-order valence-electron chi connectivity index (χ1n) is 13.9. The number of sulfonamides is 1. The summed E-state index contributed by atoms with van der Waals surface area (Å²) in [6.07, 6.45) is 0.728. The Bertz CT molecular complexity index is 1490. The van der Waals surface area contributed by atoms with Crippen LogP contribution in [-0.4, -0.2) is 58.0 Å². The maximum Gasteiger partial charge on any atom is 0.264 e. The molecule has 0 aliphatic heterocycles. The minimum absolute atomic E-state index is 0.0310. The van der Waals surface area contributed by atoms with E-state index in [4.69, 9.17) is 9.47 Å². The maximum absolute atomic E-state index is 14.1. The number of anilines is 1. The summed E-state index contributed by atoms with van der Waals surface area (Å²) in [6.45, 7) is 8.90. The fraction of sp³-hybridized carbons (Fsp3) is 0.375. The number of carbonyl (C=O) groups excluding carboxylic acids is 2. The molecule has 0 spiro atoms. The molecule has 0 saturated carbocycles. The summed E-state index contributed by atoms with van der Waals surface area (Å²) < 4.78 is 39.9. The highest BCUT2D eigenvalue weighted by atomic mass is 32.2. The van der Waals surface area contributed by atoms with Crippen molar-refractivity contribution in [1.29, 1.82) is 0 Å². The highest BCUT2D eigenvalue weighted by molar-refractivity contribution is 7.92. The van der Waals surface area contributed by atoms with Gasteiger partial charge in [0.15, 0.2) is 11.5 Å². The molecular formula is C32H41N3O6S. The second-order valence-electron chi connectivity index (χ2n) is 10.4. The highest BCUT2D eigenvalue weighted by Gasteiger charge is 2.33. The van der Waals surface area contributed by atoms with Gasteiger partial charge in [-0.25, -0.2) is 8.42 Å². The summed E-state index contributed by atoms with van der Waals surface area (Å²) in [5, 5.41) is 2.94. The van der Waals surface area contributed by atoms with E-state index in [1.807, 2.05) is 52.0 Å². The normalized spacial score (nSPS) is 12.6. The van der Waals surface area contributed by atoms with E-state index in [9.17, 15) is 18.0 Å². The van der Waals surface area contributed by atoms with Gasteiger partial charge in [0.05, 0.1) is 24.8 Å². The van der Waals surface area contributed by atoms with E-state index in [1.54, 1.807) is 31.2 Å². The number of ether oxygens (including phenoxy) is 2. The molecule has 0 radical (unpaired) electrons. The number of amides is 2. The first-order chi connectivity index (χ1) is 19.9. The minimum atomic E-state index is -4.20. The Morgan fingerprint density at radius 2 is 1.55 bits per heavy atom. The van der Waals surface area contributed by atoms with E-state index in [0.29, 0.717) is 11.5 Å². The van der Waals surface area contributed by atoms with Crippen molar-refractivity contribution >= 4 is 27.5 Å². The molecule has 42 heavy (non-hydrogen) atoms. The van der Waals surface area contributed by atoms with E-state index in [1.165, 1.54) is 37.3 Å². The van der Waals surface area contributed by atoms with Crippen LogP contribution >= 0.6 is 0 Å². The number of nitrogens with one attached hydrogen (secondary N) is 1. The van der Waals surface area contributed by atoms with E-state index in [-0.39, 0.29) is 29.1 Å². The zero-order chi connectivity index (χ0) is 31.0. The van der Waals surface area contributed by atoms with Crippen molar-refractivity contribution in [1.82, 2.24) is 10.2 Å². The smallest absolute Gasteiger partial charge is 0.264 e. The Balaban J connectivity index is 2.09. The Morgan fingerprint density at radius 3 is 2.14 bits per heavy atom. The van der Waals surface area contributed by atoms with Crippen molar-refractivity contribution in [2.24, 2.45) is 0 Å². The van der Waals surface area contributed by atoms with Gasteiger partial charge >= 0.3 is 0 Å². The van der Waals surface area contributed by atoms with Crippen LogP contribution in [0.2, 0.25) is 0 Å². The Hall–Kier alpha value is -4.05.